The Morgan fingerprint density at radius 1 is 1.24 bits per heavy atom. The van der Waals surface area contributed by atoms with Gasteiger partial charge in [0, 0.05) is 12.1 Å². The van der Waals surface area contributed by atoms with Crippen molar-refractivity contribution in [3.05, 3.63) is 71.8 Å². The maximum absolute atomic E-state index is 14.9. The molecule has 1 N–H and O–H groups in total. The van der Waals surface area contributed by atoms with E-state index in [2.05, 4.69) is 20.4 Å². The molecule has 3 heterocycles. The SMILES string of the molecule is Cc1cc(F)c(C(=O)Nc2cccc3c2OC[C@H](C)n2ncnc2-3)cc1-n1cnc(C2CC2)c1. The number of imidazole rings is 1. The molecule has 0 saturated heterocycles. The molecule has 9 heteroatoms. The Morgan fingerprint density at radius 3 is 2.91 bits per heavy atom. The number of rotatable bonds is 4. The van der Waals surface area contributed by atoms with E-state index >= 15 is 0 Å². The van der Waals surface area contributed by atoms with Gasteiger partial charge in [-0.05, 0) is 56.5 Å². The van der Waals surface area contributed by atoms with Gasteiger partial charge in [0.25, 0.3) is 5.91 Å². The second-order valence-electron chi connectivity index (χ2n) is 8.92. The Morgan fingerprint density at radius 2 is 2.09 bits per heavy atom. The lowest BCUT2D eigenvalue weighted by atomic mass is 10.1. The van der Waals surface area contributed by atoms with Crippen LogP contribution in [0.4, 0.5) is 10.1 Å². The molecule has 0 bridgehead atoms. The number of anilines is 1. The molecule has 4 aromatic rings. The van der Waals surface area contributed by atoms with Gasteiger partial charge in [0.15, 0.2) is 11.6 Å². The summed E-state index contributed by atoms with van der Waals surface area (Å²) in [6.45, 7) is 4.17. The fourth-order valence-electron chi connectivity index (χ4n) is 4.37. The predicted molar refractivity (Wildman–Crippen MR) is 124 cm³/mol. The zero-order valence-electron chi connectivity index (χ0n) is 18.8. The average molecular weight is 458 g/mol. The van der Waals surface area contributed by atoms with Gasteiger partial charge >= 0.3 is 0 Å². The molecule has 6 rings (SSSR count). The molecule has 1 aliphatic carbocycles. The van der Waals surface area contributed by atoms with Crippen molar-refractivity contribution < 1.29 is 13.9 Å². The summed E-state index contributed by atoms with van der Waals surface area (Å²) in [5, 5.41) is 7.13. The Kier molecular flexibility index (Phi) is 4.72. The zero-order valence-corrected chi connectivity index (χ0v) is 18.8. The van der Waals surface area contributed by atoms with Gasteiger partial charge in [-0.15, -0.1) is 0 Å². The molecule has 0 spiro atoms. The summed E-state index contributed by atoms with van der Waals surface area (Å²) in [5.74, 6) is 0.513. The quantitative estimate of drug-likeness (QED) is 0.481. The summed E-state index contributed by atoms with van der Waals surface area (Å²) in [5.41, 5.74) is 3.59. The molecule has 1 saturated carbocycles. The van der Waals surface area contributed by atoms with Crippen LogP contribution in [0.15, 0.2) is 49.2 Å². The third-order valence-electron chi connectivity index (χ3n) is 6.37. The van der Waals surface area contributed by atoms with E-state index in [9.17, 15) is 9.18 Å². The second-order valence-corrected chi connectivity index (χ2v) is 8.92. The van der Waals surface area contributed by atoms with Crippen molar-refractivity contribution in [1.29, 1.82) is 0 Å². The van der Waals surface area contributed by atoms with Gasteiger partial charge in [-0.25, -0.2) is 19.0 Å². The molecule has 2 aromatic carbocycles. The second kappa shape index (κ2) is 7.79. The fraction of sp³-hybridized carbons (Fsp3) is 0.280. The molecule has 0 radical (unpaired) electrons. The van der Waals surface area contributed by atoms with Crippen LogP contribution in [0.5, 0.6) is 5.75 Å². The number of hydrogen-bond acceptors (Lipinski definition) is 5. The Hall–Kier alpha value is -4.01. The van der Waals surface area contributed by atoms with Crippen LogP contribution in [0.3, 0.4) is 0 Å². The summed E-state index contributed by atoms with van der Waals surface area (Å²) in [7, 11) is 0. The van der Waals surface area contributed by atoms with E-state index in [1.165, 1.54) is 12.4 Å². The number of nitrogens with zero attached hydrogens (tertiary/aromatic N) is 5. The van der Waals surface area contributed by atoms with E-state index < -0.39 is 11.7 Å². The molecule has 2 aliphatic rings. The minimum atomic E-state index is -0.586. The maximum Gasteiger partial charge on any atom is 0.258 e. The van der Waals surface area contributed by atoms with Gasteiger partial charge in [0.2, 0.25) is 0 Å². The molecule has 1 amide bonds. The fourth-order valence-corrected chi connectivity index (χ4v) is 4.37. The van der Waals surface area contributed by atoms with Crippen molar-refractivity contribution >= 4 is 11.6 Å². The summed E-state index contributed by atoms with van der Waals surface area (Å²) < 4.78 is 24.6. The molecular formula is C25H23FN6O2. The first kappa shape index (κ1) is 20.6. The first-order valence-electron chi connectivity index (χ1n) is 11.3. The van der Waals surface area contributed by atoms with Crippen LogP contribution in [0.1, 0.15) is 53.3 Å². The summed E-state index contributed by atoms with van der Waals surface area (Å²) >= 11 is 0. The lowest BCUT2D eigenvalue weighted by molar-refractivity contribution is 0.102. The summed E-state index contributed by atoms with van der Waals surface area (Å²) in [6.07, 6.45) is 7.47. The molecule has 1 fully saturated rings. The number of aryl methyl sites for hydroxylation is 1. The lowest BCUT2D eigenvalue weighted by Gasteiger charge is -2.15. The van der Waals surface area contributed by atoms with E-state index in [0.29, 0.717) is 29.8 Å². The van der Waals surface area contributed by atoms with Gasteiger partial charge in [-0.3, -0.25) is 4.79 Å². The van der Waals surface area contributed by atoms with Gasteiger partial charge in [-0.2, -0.15) is 5.10 Å². The van der Waals surface area contributed by atoms with E-state index in [4.69, 9.17) is 4.74 Å². The van der Waals surface area contributed by atoms with Gasteiger partial charge in [-0.1, -0.05) is 6.07 Å². The molecule has 0 unspecified atom stereocenters. The Balaban J connectivity index is 1.34. The predicted octanol–water partition coefficient (Wildman–Crippen LogP) is 4.66. The number of hydrogen-bond donors (Lipinski definition) is 1. The molecule has 1 atom stereocenters. The van der Waals surface area contributed by atoms with Crippen molar-refractivity contribution in [3.8, 4) is 22.8 Å². The van der Waals surface area contributed by atoms with E-state index in [1.54, 1.807) is 29.2 Å². The third-order valence-corrected chi connectivity index (χ3v) is 6.37. The molecule has 1 aliphatic heterocycles. The smallest absolute Gasteiger partial charge is 0.258 e. The van der Waals surface area contributed by atoms with E-state index in [-0.39, 0.29) is 11.6 Å². The number of nitrogens with one attached hydrogen (secondary N) is 1. The Bertz CT molecular complexity index is 1420. The van der Waals surface area contributed by atoms with Crippen molar-refractivity contribution in [2.45, 2.75) is 38.6 Å². The number of fused-ring (bicyclic) bond motifs is 3. The topological polar surface area (TPSA) is 86.9 Å². The number of carbonyl (C=O) groups is 1. The Labute approximate surface area is 195 Å². The molecule has 2 aromatic heterocycles. The van der Waals surface area contributed by atoms with Gasteiger partial charge in [0.05, 0.1) is 40.6 Å². The van der Waals surface area contributed by atoms with Crippen molar-refractivity contribution in [3.63, 3.8) is 0 Å². The largest absolute Gasteiger partial charge is 0.488 e. The highest BCUT2D eigenvalue weighted by Gasteiger charge is 2.27. The van der Waals surface area contributed by atoms with Gasteiger partial charge < -0.3 is 14.6 Å². The number of ether oxygens (including phenoxy) is 1. The highest BCUT2D eigenvalue weighted by Crippen LogP contribution is 2.40. The number of para-hydroxylation sites is 1. The van der Waals surface area contributed by atoms with E-state index in [0.717, 1.165) is 35.3 Å². The minimum Gasteiger partial charge on any atom is -0.488 e. The molecule has 8 nitrogen and oxygen atoms in total. The number of benzene rings is 2. The van der Waals surface area contributed by atoms with Crippen molar-refractivity contribution in [2.75, 3.05) is 11.9 Å². The third kappa shape index (κ3) is 3.44. The van der Waals surface area contributed by atoms with Crippen LogP contribution in [-0.4, -0.2) is 36.8 Å². The van der Waals surface area contributed by atoms with Crippen LogP contribution < -0.4 is 10.1 Å². The number of halogens is 1. The summed E-state index contributed by atoms with van der Waals surface area (Å²) in [6, 6.07) is 8.32. The van der Waals surface area contributed by atoms with Gasteiger partial charge in [0.1, 0.15) is 18.8 Å². The highest BCUT2D eigenvalue weighted by molar-refractivity contribution is 6.06. The summed E-state index contributed by atoms with van der Waals surface area (Å²) in [4.78, 5) is 22.1. The van der Waals surface area contributed by atoms with Crippen LogP contribution in [-0.2, 0) is 0 Å². The highest BCUT2D eigenvalue weighted by atomic mass is 19.1. The number of amides is 1. The first-order valence-corrected chi connectivity index (χ1v) is 11.3. The van der Waals surface area contributed by atoms with Crippen LogP contribution in [0, 0.1) is 12.7 Å². The first-order chi connectivity index (χ1) is 16.5. The monoisotopic (exact) mass is 458 g/mol. The van der Waals surface area contributed by atoms with Crippen molar-refractivity contribution in [1.82, 2.24) is 24.3 Å². The average Bonchev–Trinajstić information content (AvgIpc) is 3.38. The maximum atomic E-state index is 14.9. The number of aromatic nitrogens is 5. The van der Waals surface area contributed by atoms with E-state index in [1.807, 2.05) is 30.7 Å². The van der Waals surface area contributed by atoms with Crippen LogP contribution >= 0.6 is 0 Å². The minimum absolute atomic E-state index is 0.0266. The zero-order chi connectivity index (χ0) is 23.4. The van der Waals surface area contributed by atoms with Crippen molar-refractivity contribution in [2.24, 2.45) is 0 Å². The standard InChI is InChI=1S/C25H23FN6O2/c1-14-8-19(26)18(9-22(14)31-10-21(28-13-31)16-6-7-16)25(33)30-20-5-3-4-17-23(20)34-11-15(2)32-24(17)27-12-29-32/h3-5,8-10,12-13,15-16H,6-7,11H2,1-2H3,(H,30,33)/t15-/m0/s1. The normalized spacial score (nSPS) is 16.9. The lowest BCUT2D eigenvalue weighted by Crippen LogP contribution is -2.16. The molecular weight excluding hydrogens is 435 g/mol. The molecule has 34 heavy (non-hydrogen) atoms. The van der Waals surface area contributed by atoms with Crippen LogP contribution in [0.2, 0.25) is 0 Å². The molecule has 172 valence electrons. The van der Waals surface area contributed by atoms with Crippen LogP contribution in [0.25, 0.3) is 17.1 Å². The number of carbonyl (C=O) groups excluding carboxylic acids is 1.